The summed E-state index contributed by atoms with van der Waals surface area (Å²) in [5.41, 5.74) is 7.63. The Morgan fingerprint density at radius 2 is 1.16 bits per heavy atom. The Balaban J connectivity index is 1.50. The van der Waals surface area contributed by atoms with Crippen LogP contribution in [0.2, 0.25) is 0 Å². The first-order chi connectivity index (χ1) is 17.9. The summed E-state index contributed by atoms with van der Waals surface area (Å²) in [6.45, 7) is 6.99. The Morgan fingerprint density at radius 1 is 0.595 bits per heavy atom. The third-order valence-corrected chi connectivity index (χ3v) is 6.83. The first-order valence-corrected chi connectivity index (χ1v) is 13.6. The number of hydrogen-bond donors (Lipinski definition) is 0. The number of anilines is 3. The molecule has 0 spiro atoms. The molecule has 0 radical (unpaired) electrons. The van der Waals surface area contributed by atoms with Gasteiger partial charge < -0.3 is 9.64 Å². The van der Waals surface area contributed by atoms with E-state index in [2.05, 4.69) is 129 Å². The van der Waals surface area contributed by atoms with Crippen molar-refractivity contribution in [2.45, 2.75) is 59.3 Å². The van der Waals surface area contributed by atoms with Gasteiger partial charge in [0.1, 0.15) is 5.75 Å². The van der Waals surface area contributed by atoms with Gasteiger partial charge in [-0.3, -0.25) is 0 Å². The number of para-hydroxylation sites is 2. The number of hydrogen-bond acceptors (Lipinski definition) is 2. The molecule has 0 aliphatic carbocycles. The predicted octanol–water partition coefficient (Wildman–Crippen LogP) is 10.4. The zero-order chi connectivity index (χ0) is 26.1. The fourth-order valence-electron chi connectivity index (χ4n) is 4.83. The quantitative estimate of drug-likeness (QED) is 0.193. The maximum atomic E-state index is 5.67. The fourth-order valence-corrected chi connectivity index (χ4v) is 4.83. The topological polar surface area (TPSA) is 12.5 Å². The number of methoxy groups -OCH3 is 1. The molecule has 0 saturated heterocycles. The Hall–Kier alpha value is -3.52. The van der Waals surface area contributed by atoms with Crippen molar-refractivity contribution in [1.82, 2.24) is 0 Å². The SMILES string of the molecule is COc1cc(CCCCCCC(C)(C)C)cc(-c2ccc(N(c3ccccc3)c3ccccc3)cc2)c1. The molecule has 0 heterocycles. The molecule has 192 valence electrons. The van der Waals surface area contributed by atoms with Gasteiger partial charge in [0.15, 0.2) is 0 Å². The molecule has 37 heavy (non-hydrogen) atoms. The molecular formula is C35H41NO. The average Bonchev–Trinajstić information content (AvgIpc) is 2.91. The average molecular weight is 492 g/mol. The Morgan fingerprint density at radius 3 is 1.73 bits per heavy atom. The van der Waals surface area contributed by atoms with Crippen molar-refractivity contribution in [1.29, 1.82) is 0 Å². The Kier molecular flexibility index (Phi) is 9.06. The lowest BCUT2D eigenvalue weighted by Gasteiger charge is -2.25. The fraction of sp³-hybridized carbons (Fsp3) is 0.314. The molecule has 0 aromatic heterocycles. The van der Waals surface area contributed by atoms with E-state index in [1.165, 1.54) is 48.8 Å². The normalized spacial score (nSPS) is 11.4. The van der Waals surface area contributed by atoms with Gasteiger partial charge in [-0.1, -0.05) is 94.6 Å². The van der Waals surface area contributed by atoms with Gasteiger partial charge in [0.05, 0.1) is 7.11 Å². The van der Waals surface area contributed by atoms with Crippen molar-refractivity contribution in [3.8, 4) is 16.9 Å². The minimum absolute atomic E-state index is 0.441. The van der Waals surface area contributed by atoms with Crippen molar-refractivity contribution in [3.05, 3.63) is 109 Å². The van der Waals surface area contributed by atoms with E-state index in [0.29, 0.717) is 5.41 Å². The first-order valence-electron chi connectivity index (χ1n) is 13.6. The zero-order valence-corrected chi connectivity index (χ0v) is 22.9. The van der Waals surface area contributed by atoms with Crippen molar-refractivity contribution in [2.75, 3.05) is 12.0 Å². The molecule has 4 aromatic carbocycles. The summed E-state index contributed by atoms with van der Waals surface area (Å²) >= 11 is 0. The van der Waals surface area contributed by atoms with Crippen LogP contribution >= 0.6 is 0 Å². The number of rotatable bonds is 11. The summed E-state index contributed by atoms with van der Waals surface area (Å²) in [7, 11) is 1.76. The highest BCUT2D eigenvalue weighted by Gasteiger charge is 2.13. The molecule has 0 N–H and O–H groups in total. The molecule has 0 atom stereocenters. The summed E-state index contributed by atoms with van der Waals surface area (Å²) in [6.07, 6.45) is 7.54. The van der Waals surface area contributed by atoms with Gasteiger partial charge in [-0.05, 0) is 89.9 Å². The van der Waals surface area contributed by atoms with Gasteiger partial charge in [-0.2, -0.15) is 0 Å². The highest BCUT2D eigenvalue weighted by atomic mass is 16.5. The second-order valence-corrected chi connectivity index (χ2v) is 11.1. The van der Waals surface area contributed by atoms with Crippen LogP contribution in [0.15, 0.2) is 103 Å². The number of nitrogens with zero attached hydrogens (tertiary/aromatic N) is 1. The number of aryl methyl sites for hydroxylation is 1. The first kappa shape index (κ1) is 26.5. The molecule has 0 bridgehead atoms. The van der Waals surface area contributed by atoms with Crippen LogP contribution in [-0.4, -0.2) is 7.11 Å². The standard InChI is InChI=1S/C35H41NO/c1-35(2,3)24-14-6-5-9-15-28-25-30(27-34(26-28)37-4)29-20-22-33(23-21-29)36(31-16-10-7-11-17-31)32-18-12-8-13-19-32/h7-8,10-13,16-23,25-27H,5-6,9,14-15,24H2,1-4H3. The van der Waals surface area contributed by atoms with E-state index < -0.39 is 0 Å². The molecule has 2 nitrogen and oxygen atoms in total. The smallest absolute Gasteiger partial charge is 0.119 e. The molecule has 0 saturated carbocycles. The van der Waals surface area contributed by atoms with Crippen molar-refractivity contribution >= 4 is 17.1 Å². The van der Waals surface area contributed by atoms with Crippen LogP contribution in [0.5, 0.6) is 5.75 Å². The lowest BCUT2D eigenvalue weighted by molar-refractivity contribution is 0.357. The van der Waals surface area contributed by atoms with Crippen LogP contribution in [0.25, 0.3) is 11.1 Å². The number of unbranched alkanes of at least 4 members (excludes halogenated alkanes) is 3. The van der Waals surface area contributed by atoms with Crippen LogP contribution in [0.3, 0.4) is 0 Å². The predicted molar refractivity (Wildman–Crippen MR) is 159 cm³/mol. The Bertz CT molecular complexity index is 1180. The van der Waals surface area contributed by atoms with Crippen LogP contribution in [0.4, 0.5) is 17.1 Å². The lowest BCUT2D eigenvalue weighted by Crippen LogP contribution is -2.09. The monoisotopic (exact) mass is 491 g/mol. The van der Waals surface area contributed by atoms with E-state index >= 15 is 0 Å². The second kappa shape index (κ2) is 12.6. The van der Waals surface area contributed by atoms with Gasteiger partial charge in [0.2, 0.25) is 0 Å². The van der Waals surface area contributed by atoms with E-state index in [-0.39, 0.29) is 0 Å². The van der Waals surface area contributed by atoms with Gasteiger partial charge in [0.25, 0.3) is 0 Å². The maximum Gasteiger partial charge on any atom is 0.119 e. The molecular weight excluding hydrogens is 450 g/mol. The summed E-state index contributed by atoms with van der Waals surface area (Å²) in [5, 5.41) is 0. The summed E-state index contributed by atoms with van der Waals surface area (Å²) in [6, 6.07) is 36.6. The largest absolute Gasteiger partial charge is 0.497 e. The summed E-state index contributed by atoms with van der Waals surface area (Å²) in [5.74, 6) is 0.930. The molecule has 0 aliphatic rings. The second-order valence-electron chi connectivity index (χ2n) is 11.1. The molecule has 4 aromatic rings. The number of ether oxygens (including phenoxy) is 1. The molecule has 2 heteroatoms. The van der Waals surface area contributed by atoms with Gasteiger partial charge in [0, 0.05) is 17.1 Å². The molecule has 0 fully saturated rings. The third-order valence-electron chi connectivity index (χ3n) is 6.83. The lowest BCUT2D eigenvalue weighted by atomic mass is 9.89. The summed E-state index contributed by atoms with van der Waals surface area (Å²) < 4.78 is 5.67. The van der Waals surface area contributed by atoms with Gasteiger partial charge in [-0.15, -0.1) is 0 Å². The van der Waals surface area contributed by atoms with E-state index in [1.54, 1.807) is 7.11 Å². The molecule has 0 amide bonds. The van der Waals surface area contributed by atoms with E-state index in [4.69, 9.17) is 4.74 Å². The number of benzene rings is 4. The van der Waals surface area contributed by atoms with Crippen molar-refractivity contribution in [3.63, 3.8) is 0 Å². The van der Waals surface area contributed by atoms with Crippen molar-refractivity contribution < 1.29 is 4.74 Å². The molecule has 0 aliphatic heterocycles. The minimum Gasteiger partial charge on any atom is -0.497 e. The highest BCUT2D eigenvalue weighted by molar-refractivity contribution is 5.78. The molecule has 0 unspecified atom stereocenters. The van der Waals surface area contributed by atoms with Crippen LogP contribution in [0.1, 0.15) is 58.4 Å². The van der Waals surface area contributed by atoms with Crippen LogP contribution < -0.4 is 9.64 Å². The van der Waals surface area contributed by atoms with Gasteiger partial charge in [-0.25, -0.2) is 0 Å². The maximum absolute atomic E-state index is 5.67. The van der Waals surface area contributed by atoms with E-state index in [0.717, 1.165) is 29.2 Å². The highest BCUT2D eigenvalue weighted by Crippen LogP contribution is 2.36. The van der Waals surface area contributed by atoms with E-state index in [1.807, 2.05) is 0 Å². The van der Waals surface area contributed by atoms with Crippen molar-refractivity contribution in [2.24, 2.45) is 5.41 Å². The molecule has 4 rings (SSSR count). The third kappa shape index (κ3) is 7.73. The Labute approximate surface area is 223 Å². The summed E-state index contributed by atoms with van der Waals surface area (Å²) in [4.78, 5) is 2.29. The van der Waals surface area contributed by atoms with Crippen LogP contribution in [0, 0.1) is 5.41 Å². The van der Waals surface area contributed by atoms with E-state index in [9.17, 15) is 0 Å². The van der Waals surface area contributed by atoms with Gasteiger partial charge >= 0.3 is 0 Å². The minimum atomic E-state index is 0.441. The van der Waals surface area contributed by atoms with Crippen LogP contribution in [-0.2, 0) is 6.42 Å². The zero-order valence-electron chi connectivity index (χ0n) is 22.9.